The second-order valence-corrected chi connectivity index (χ2v) is 9.34. The van der Waals surface area contributed by atoms with Crippen molar-refractivity contribution in [3.05, 3.63) is 48.7 Å². The van der Waals surface area contributed by atoms with Crippen LogP contribution in [0.2, 0.25) is 0 Å². The minimum atomic E-state index is -0.454. The van der Waals surface area contributed by atoms with Crippen LogP contribution in [0.5, 0.6) is 5.75 Å². The molecule has 2 fully saturated rings. The molecule has 0 radical (unpaired) electrons. The van der Waals surface area contributed by atoms with Gasteiger partial charge in [0.05, 0.1) is 23.4 Å². The van der Waals surface area contributed by atoms with Crippen LogP contribution in [0.15, 0.2) is 48.7 Å². The molecule has 9 heteroatoms. The van der Waals surface area contributed by atoms with E-state index in [4.69, 9.17) is 19.6 Å². The van der Waals surface area contributed by atoms with Crippen LogP contribution in [0.4, 0.5) is 11.6 Å². The second-order valence-electron chi connectivity index (χ2n) is 9.34. The van der Waals surface area contributed by atoms with E-state index in [-0.39, 0.29) is 12.3 Å². The van der Waals surface area contributed by atoms with Crippen molar-refractivity contribution in [2.24, 2.45) is 7.05 Å². The lowest BCUT2D eigenvalue weighted by molar-refractivity contribution is -0.0379. The number of rotatable bonds is 6. The molecule has 2 aliphatic rings. The second kappa shape index (κ2) is 9.31. The van der Waals surface area contributed by atoms with Gasteiger partial charge in [0.25, 0.3) is 0 Å². The van der Waals surface area contributed by atoms with Crippen molar-refractivity contribution in [3.63, 3.8) is 0 Å². The predicted molar refractivity (Wildman–Crippen MR) is 133 cm³/mol. The summed E-state index contributed by atoms with van der Waals surface area (Å²) in [6, 6.07) is 14.0. The summed E-state index contributed by atoms with van der Waals surface area (Å²) in [6.45, 7) is 0.728. The number of hydrogen-bond donors (Lipinski definition) is 2. The van der Waals surface area contributed by atoms with E-state index >= 15 is 0 Å². The molecular weight excluding hydrogens is 444 g/mol. The van der Waals surface area contributed by atoms with Gasteiger partial charge in [-0.15, -0.1) is 0 Å². The fourth-order valence-corrected chi connectivity index (χ4v) is 4.96. The number of nitrogens with one attached hydrogen (secondary N) is 1. The first-order chi connectivity index (χ1) is 17.2. The van der Waals surface area contributed by atoms with Gasteiger partial charge < -0.3 is 19.9 Å². The number of aryl methyl sites for hydroxylation is 1. The van der Waals surface area contributed by atoms with E-state index in [0.717, 1.165) is 67.6 Å². The van der Waals surface area contributed by atoms with E-state index in [9.17, 15) is 5.11 Å². The normalized spacial score (nSPS) is 22.5. The molecule has 35 heavy (non-hydrogen) atoms. The minimum Gasteiger partial charge on any atom is -0.487 e. The Morgan fingerprint density at radius 1 is 1.09 bits per heavy atom. The molecule has 9 nitrogen and oxygen atoms in total. The third kappa shape index (κ3) is 4.37. The molecule has 6 rings (SSSR count). The zero-order chi connectivity index (χ0) is 23.8. The Morgan fingerprint density at radius 3 is 2.74 bits per heavy atom. The van der Waals surface area contributed by atoms with Crippen LogP contribution in [-0.2, 0) is 11.8 Å². The maximum absolute atomic E-state index is 10.3. The molecule has 1 saturated heterocycles. The van der Waals surface area contributed by atoms with Crippen LogP contribution in [0.25, 0.3) is 22.3 Å². The van der Waals surface area contributed by atoms with E-state index in [1.54, 1.807) is 10.9 Å². The van der Waals surface area contributed by atoms with E-state index in [1.807, 2.05) is 42.1 Å². The lowest BCUT2D eigenvalue weighted by atomic mass is 10.1. The third-order valence-corrected chi connectivity index (χ3v) is 6.85. The Labute approximate surface area is 203 Å². The van der Waals surface area contributed by atoms with Gasteiger partial charge in [0, 0.05) is 31.4 Å². The minimum absolute atomic E-state index is 0.131. The van der Waals surface area contributed by atoms with Crippen molar-refractivity contribution in [1.82, 2.24) is 24.5 Å². The van der Waals surface area contributed by atoms with Crippen LogP contribution >= 0.6 is 0 Å². The molecule has 0 bridgehead atoms. The maximum Gasteiger partial charge on any atom is 0.163 e. The van der Waals surface area contributed by atoms with Gasteiger partial charge in [-0.1, -0.05) is 30.3 Å². The number of nitrogens with zero attached hydrogens (tertiary/aromatic N) is 5. The van der Waals surface area contributed by atoms with Gasteiger partial charge in [-0.2, -0.15) is 10.2 Å². The van der Waals surface area contributed by atoms with E-state index in [0.29, 0.717) is 17.2 Å². The van der Waals surface area contributed by atoms with Crippen molar-refractivity contribution in [1.29, 1.82) is 0 Å². The molecule has 1 saturated carbocycles. The van der Waals surface area contributed by atoms with Gasteiger partial charge in [0.1, 0.15) is 23.5 Å². The first kappa shape index (κ1) is 22.1. The number of benzene rings is 1. The van der Waals surface area contributed by atoms with Gasteiger partial charge in [-0.05, 0) is 38.5 Å². The Morgan fingerprint density at radius 2 is 1.97 bits per heavy atom. The topological polar surface area (TPSA) is 99.2 Å². The van der Waals surface area contributed by atoms with Crippen molar-refractivity contribution >= 4 is 22.7 Å². The first-order valence-electron chi connectivity index (χ1n) is 12.4. The number of aromatic nitrogens is 5. The number of hydrogen-bond acceptors (Lipinski definition) is 7. The maximum atomic E-state index is 10.3. The van der Waals surface area contributed by atoms with Crippen LogP contribution in [0.3, 0.4) is 0 Å². The summed E-state index contributed by atoms with van der Waals surface area (Å²) < 4.78 is 16.0. The SMILES string of the molecule is Cn1ncc2c(O[C@H]3CCC[C@H]3O)cc(Nc3cc(-c4ccccc4)nn3C3CCCCO3)nc21. The molecule has 1 aliphatic carbocycles. The molecular formula is C26H30N6O3. The summed E-state index contributed by atoms with van der Waals surface area (Å²) in [7, 11) is 1.86. The number of pyridine rings is 1. The summed E-state index contributed by atoms with van der Waals surface area (Å²) in [5.41, 5.74) is 2.62. The van der Waals surface area contributed by atoms with Gasteiger partial charge in [0.2, 0.25) is 0 Å². The summed E-state index contributed by atoms with van der Waals surface area (Å²) in [5, 5.41) is 23.9. The predicted octanol–water partition coefficient (Wildman–Crippen LogP) is 4.57. The Bertz CT molecular complexity index is 1310. The average Bonchev–Trinajstić information content (AvgIpc) is 3.60. The zero-order valence-electron chi connectivity index (χ0n) is 19.8. The molecule has 0 spiro atoms. The highest BCUT2D eigenvalue weighted by atomic mass is 16.5. The molecule has 4 aromatic rings. The lowest BCUT2D eigenvalue weighted by Gasteiger charge is -2.24. The van der Waals surface area contributed by atoms with Gasteiger partial charge in [-0.25, -0.2) is 9.67 Å². The smallest absolute Gasteiger partial charge is 0.163 e. The van der Waals surface area contributed by atoms with Crippen LogP contribution in [0.1, 0.15) is 44.8 Å². The number of ether oxygens (including phenoxy) is 2. The molecule has 0 amide bonds. The van der Waals surface area contributed by atoms with E-state index < -0.39 is 6.10 Å². The Kier molecular flexibility index (Phi) is 5.87. The average molecular weight is 475 g/mol. The monoisotopic (exact) mass is 474 g/mol. The Hall–Kier alpha value is -3.43. The van der Waals surface area contributed by atoms with Gasteiger partial charge in [0.15, 0.2) is 11.9 Å². The van der Waals surface area contributed by atoms with Crippen molar-refractivity contribution in [2.75, 3.05) is 11.9 Å². The summed E-state index contributed by atoms with van der Waals surface area (Å²) >= 11 is 0. The van der Waals surface area contributed by atoms with Crippen LogP contribution in [0, 0.1) is 0 Å². The highest BCUT2D eigenvalue weighted by Gasteiger charge is 2.28. The highest BCUT2D eigenvalue weighted by Crippen LogP contribution is 2.35. The molecule has 2 N–H and O–H groups in total. The highest BCUT2D eigenvalue weighted by molar-refractivity contribution is 5.84. The number of aliphatic hydroxyl groups is 1. The number of fused-ring (bicyclic) bond motifs is 1. The molecule has 3 atom stereocenters. The summed E-state index contributed by atoms with van der Waals surface area (Å²) in [5.74, 6) is 2.09. The number of aliphatic hydroxyl groups excluding tert-OH is 1. The molecule has 1 unspecified atom stereocenters. The third-order valence-electron chi connectivity index (χ3n) is 6.85. The number of anilines is 2. The van der Waals surface area contributed by atoms with Crippen molar-refractivity contribution in [3.8, 4) is 17.0 Å². The molecule has 182 valence electrons. The quantitative estimate of drug-likeness (QED) is 0.422. The fraction of sp³-hybridized carbons (Fsp3) is 0.423. The summed E-state index contributed by atoms with van der Waals surface area (Å²) in [6.07, 6.45) is 6.59. The first-order valence-corrected chi connectivity index (χ1v) is 12.4. The van der Waals surface area contributed by atoms with Gasteiger partial charge in [-0.3, -0.25) is 4.68 Å². The zero-order valence-corrected chi connectivity index (χ0v) is 19.8. The molecule has 1 aromatic carbocycles. The van der Waals surface area contributed by atoms with Gasteiger partial charge >= 0.3 is 0 Å². The molecule has 1 aliphatic heterocycles. The summed E-state index contributed by atoms with van der Waals surface area (Å²) in [4.78, 5) is 4.82. The van der Waals surface area contributed by atoms with Crippen LogP contribution < -0.4 is 10.1 Å². The van der Waals surface area contributed by atoms with Crippen molar-refractivity contribution in [2.45, 2.75) is 57.0 Å². The van der Waals surface area contributed by atoms with E-state index in [2.05, 4.69) is 22.5 Å². The molecule has 4 heterocycles. The van der Waals surface area contributed by atoms with Crippen molar-refractivity contribution < 1.29 is 14.6 Å². The van der Waals surface area contributed by atoms with E-state index in [1.165, 1.54) is 0 Å². The largest absolute Gasteiger partial charge is 0.487 e. The Balaban J connectivity index is 1.38. The fourth-order valence-electron chi connectivity index (χ4n) is 4.96. The van der Waals surface area contributed by atoms with Crippen LogP contribution in [-0.4, -0.2) is 48.5 Å². The lowest BCUT2D eigenvalue weighted by Crippen LogP contribution is -2.25. The standard InChI is InChI=1S/C26H30N6O3/c1-31-26-18(16-27-31)22(35-21-11-7-10-20(21)33)15-23(29-26)28-24-14-19(17-8-3-2-4-9-17)30-32(24)25-12-5-6-13-34-25/h2-4,8-9,14-16,20-21,25,33H,5-7,10-13H2,1H3,(H,28,29)/t20-,21+,25?/m1/s1. The molecule has 3 aromatic heterocycles.